The monoisotopic (exact) mass is 165 g/mol. The molecular formula is C11H19N. The molecule has 0 amide bonds. The molecule has 0 spiro atoms. The fourth-order valence-electron chi connectivity index (χ4n) is 4.52. The molecule has 4 aliphatic carbocycles. The van der Waals surface area contributed by atoms with E-state index in [1.165, 1.54) is 13.0 Å². The third-order valence-corrected chi connectivity index (χ3v) is 4.92. The normalized spacial score (nSPS) is 59.5. The van der Waals surface area contributed by atoms with Crippen LogP contribution in [0.5, 0.6) is 0 Å². The van der Waals surface area contributed by atoms with Crippen LogP contribution in [0.1, 0.15) is 33.1 Å². The van der Waals surface area contributed by atoms with E-state index in [2.05, 4.69) is 19.2 Å². The van der Waals surface area contributed by atoms with Gasteiger partial charge in [0.2, 0.25) is 0 Å². The van der Waals surface area contributed by atoms with Crippen molar-refractivity contribution in [2.24, 2.45) is 23.2 Å². The van der Waals surface area contributed by atoms with Crippen LogP contribution >= 0.6 is 0 Å². The molecule has 0 unspecified atom stereocenters. The van der Waals surface area contributed by atoms with E-state index >= 15 is 0 Å². The SMILES string of the molecule is CCN[C@@H]1[C@@H]2C[C@@H]3[C@@H]1[C@]3(CC)C2. The molecular weight excluding hydrogens is 146 g/mol. The van der Waals surface area contributed by atoms with Crippen LogP contribution in [-0.4, -0.2) is 12.6 Å². The maximum absolute atomic E-state index is 3.69. The van der Waals surface area contributed by atoms with E-state index in [-0.39, 0.29) is 0 Å². The molecule has 68 valence electrons. The lowest BCUT2D eigenvalue weighted by Gasteiger charge is -2.14. The van der Waals surface area contributed by atoms with Crippen LogP contribution in [0.3, 0.4) is 0 Å². The summed E-state index contributed by atoms with van der Waals surface area (Å²) in [5.41, 5.74) is 0.845. The van der Waals surface area contributed by atoms with Crippen molar-refractivity contribution in [2.75, 3.05) is 6.54 Å². The third kappa shape index (κ3) is 0.585. The number of hydrogen-bond acceptors (Lipinski definition) is 1. The van der Waals surface area contributed by atoms with Gasteiger partial charge in [-0.2, -0.15) is 0 Å². The van der Waals surface area contributed by atoms with Crippen LogP contribution in [-0.2, 0) is 0 Å². The first-order valence-corrected chi connectivity index (χ1v) is 5.57. The zero-order valence-corrected chi connectivity index (χ0v) is 8.14. The van der Waals surface area contributed by atoms with Crippen molar-refractivity contribution in [1.29, 1.82) is 0 Å². The van der Waals surface area contributed by atoms with Crippen LogP contribution < -0.4 is 5.32 Å². The van der Waals surface area contributed by atoms with E-state index in [1.807, 2.05) is 0 Å². The average molecular weight is 165 g/mol. The molecule has 0 aliphatic heterocycles. The highest BCUT2D eigenvalue weighted by Gasteiger charge is 2.77. The zero-order valence-electron chi connectivity index (χ0n) is 8.14. The van der Waals surface area contributed by atoms with Crippen LogP contribution in [0.4, 0.5) is 0 Å². The van der Waals surface area contributed by atoms with E-state index in [0.717, 1.165) is 29.2 Å². The van der Waals surface area contributed by atoms with Gasteiger partial charge in [-0.25, -0.2) is 0 Å². The summed E-state index contributed by atoms with van der Waals surface area (Å²) in [7, 11) is 0. The topological polar surface area (TPSA) is 12.0 Å². The van der Waals surface area contributed by atoms with E-state index in [4.69, 9.17) is 0 Å². The van der Waals surface area contributed by atoms with Crippen molar-refractivity contribution in [2.45, 2.75) is 39.2 Å². The molecule has 0 heterocycles. The Labute approximate surface area is 74.9 Å². The summed E-state index contributed by atoms with van der Waals surface area (Å²) in [5, 5.41) is 3.69. The first-order chi connectivity index (χ1) is 5.83. The molecule has 12 heavy (non-hydrogen) atoms. The average Bonchev–Trinajstić information content (AvgIpc) is 2.49. The predicted molar refractivity (Wildman–Crippen MR) is 49.9 cm³/mol. The predicted octanol–water partition coefficient (Wildman–Crippen LogP) is 2.03. The van der Waals surface area contributed by atoms with E-state index < -0.39 is 0 Å². The molecule has 4 aliphatic rings. The highest BCUT2D eigenvalue weighted by molar-refractivity contribution is 5.27. The van der Waals surface area contributed by atoms with Gasteiger partial charge in [0, 0.05) is 6.04 Å². The van der Waals surface area contributed by atoms with Crippen molar-refractivity contribution in [3.63, 3.8) is 0 Å². The highest BCUT2D eigenvalue weighted by atomic mass is 15.0. The van der Waals surface area contributed by atoms with Crippen molar-refractivity contribution >= 4 is 0 Å². The van der Waals surface area contributed by atoms with Crippen LogP contribution in [0, 0.1) is 23.2 Å². The minimum atomic E-state index is 0.845. The van der Waals surface area contributed by atoms with E-state index in [9.17, 15) is 0 Å². The zero-order chi connectivity index (χ0) is 8.34. The molecule has 0 saturated heterocycles. The van der Waals surface area contributed by atoms with E-state index in [0.29, 0.717) is 0 Å². The molecule has 0 aromatic rings. The van der Waals surface area contributed by atoms with Gasteiger partial charge in [0.05, 0.1) is 0 Å². The molecule has 5 atom stereocenters. The van der Waals surface area contributed by atoms with Crippen molar-refractivity contribution in [1.82, 2.24) is 5.32 Å². The summed E-state index contributed by atoms with van der Waals surface area (Å²) in [4.78, 5) is 0. The second kappa shape index (κ2) is 2.06. The molecule has 1 heteroatoms. The Morgan fingerprint density at radius 1 is 1.42 bits per heavy atom. The summed E-state index contributed by atoms with van der Waals surface area (Å²) < 4.78 is 0. The van der Waals surface area contributed by atoms with Gasteiger partial charge in [0.25, 0.3) is 0 Å². The Bertz CT molecular complexity index is 213. The Morgan fingerprint density at radius 2 is 2.25 bits per heavy atom. The molecule has 4 fully saturated rings. The Balaban J connectivity index is 1.81. The standard InChI is InChI=1S/C11H19N/c1-3-11-6-7-5-8(11)9(11)10(7)12-4-2/h7-10,12H,3-6H2,1-2H3/t7-,8-,9+,10-,11-/m1/s1. The van der Waals surface area contributed by atoms with Crippen LogP contribution in [0.15, 0.2) is 0 Å². The lowest BCUT2D eigenvalue weighted by molar-refractivity contribution is 0.430. The van der Waals surface area contributed by atoms with Crippen molar-refractivity contribution in [3.8, 4) is 0 Å². The molecule has 1 N–H and O–H groups in total. The summed E-state index contributed by atoms with van der Waals surface area (Å²) in [5.74, 6) is 3.28. The van der Waals surface area contributed by atoms with Gasteiger partial charge in [-0.05, 0) is 49.0 Å². The lowest BCUT2D eigenvalue weighted by atomic mass is 10.0. The molecule has 1 nitrogen and oxygen atoms in total. The van der Waals surface area contributed by atoms with Gasteiger partial charge < -0.3 is 5.32 Å². The third-order valence-electron chi connectivity index (χ3n) is 4.92. The molecule has 4 bridgehead atoms. The lowest BCUT2D eigenvalue weighted by Crippen LogP contribution is -2.32. The number of hydrogen-bond donors (Lipinski definition) is 1. The Kier molecular flexibility index (Phi) is 1.27. The van der Waals surface area contributed by atoms with Gasteiger partial charge >= 0.3 is 0 Å². The van der Waals surface area contributed by atoms with Gasteiger partial charge in [-0.1, -0.05) is 13.8 Å². The quantitative estimate of drug-likeness (QED) is 0.674. The Hall–Kier alpha value is -0.0400. The smallest absolute Gasteiger partial charge is 0.0132 e. The van der Waals surface area contributed by atoms with Gasteiger partial charge in [-0.3, -0.25) is 0 Å². The summed E-state index contributed by atoms with van der Waals surface area (Å²) in [6.07, 6.45) is 4.55. The summed E-state index contributed by atoms with van der Waals surface area (Å²) in [6.45, 7) is 5.81. The molecule has 0 radical (unpaired) electrons. The fourth-order valence-corrected chi connectivity index (χ4v) is 4.52. The summed E-state index contributed by atoms with van der Waals surface area (Å²) >= 11 is 0. The highest BCUT2D eigenvalue weighted by Crippen LogP contribution is 2.80. The molecule has 4 saturated carbocycles. The van der Waals surface area contributed by atoms with Crippen molar-refractivity contribution in [3.05, 3.63) is 0 Å². The first kappa shape index (κ1) is 7.37. The van der Waals surface area contributed by atoms with Gasteiger partial charge in [-0.15, -0.1) is 0 Å². The second-order valence-electron chi connectivity index (χ2n) is 5.00. The van der Waals surface area contributed by atoms with Crippen LogP contribution in [0.2, 0.25) is 0 Å². The van der Waals surface area contributed by atoms with Crippen LogP contribution in [0.25, 0.3) is 0 Å². The Morgan fingerprint density at radius 3 is 2.75 bits per heavy atom. The fraction of sp³-hybridized carbons (Fsp3) is 1.00. The second-order valence-corrected chi connectivity index (χ2v) is 5.00. The largest absolute Gasteiger partial charge is 0.314 e. The summed E-state index contributed by atoms with van der Waals surface area (Å²) in [6, 6.07) is 0.917. The maximum Gasteiger partial charge on any atom is 0.0132 e. The van der Waals surface area contributed by atoms with Gasteiger partial charge in [0.15, 0.2) is 0 Å². The molecule has 4 rings (SSSR count). The maximum atomic E-state index is 3.69. The van der Waals surface area contributed by atoms with E-state index in [1.54, 1.807) is 12.8 Å². The van der Waals surface area contributed by atoms with Gasteiger partial charge in [0.1, 0.15) is 0 Å². The number of rotatable bonds is 3. The number of nitrogens with one attached hydrogen (secondary N) is 1. The minimum absolute atomic E-state index is 0.845. The first-order valence-electron chi connectivity index (χ1n) is 5.57. The molecule has 0 aromatic carbocycles. The minimum Gasteiger partial charge on any atom is -0.314 e. The molecule has 0 aromatic heterocycles. The van der Waals surface area contributed by atoms with Crippen molar-refractivity contribution < 1.29 is 0 Å².